The topological polar surface area (TPSA) is 50.9 Å². The maximum Gasteiger partial charge on any atom is 0 e. The predicted octanol–water partition coefficient (Wildman–Crippen LogP) is 12.0. The smallest absolute Gasteiger partial charge is 0 e. The van der Waals surface area contributed by atoms with E-state index in [4.69, 9.17) is 9.97 Å². The monoisotopic (exact) mass is 1080 g/mol. The van der Waals surface area contributed by atoms with Crippen LogP contribution in [0.25, 0.3) is 60.1 Å². The molecule has 0 saturated carbocycles. The van der Waals surface area contributed by atoms with E-state index in [0.29, 0.717) is 11.8 Å². The van der Waals surface area contributed by atoms with Crippen molar-refractivity contribution in [1.29, 1.82) is 0 Å². The summed E-state index contributed by atoms with van der Waals surface area (Å²) in [6.45, 7) is 29.5. The van der Waals surface area contributed by atoms with Crippen LogP contribution in [0.1, 0.15) is 119 Å². The van der Waals surface area contributed by atoms with Crippen molar-refractivity contribution in [3.8, 4) is 45.2 Å². The first-order valence-corrected chi connectivity index (χ1v) is 24.1. The van der Waals surface area contributed by atoms with Gasteiger partial charge < -0.3 is 0 Å². The Bertz CT molecular complexity index is 3060. The number of nitrogens with zero attached hydrogens (tertiary/aromatic N) is 3. The Morgan fingerprint density at radius 2 is 1.46 bits per heavy atom. The molecule has 9 rings (SSSR count). The van der Waals surface area contributed by atoms with Crippen molar-refractivity contribution in [2.24, 2.45) is 5.41 Å². The number of pyridine rings is 1. The molecule has 0 fully saturated rings. The van der Waals surface area contributed by atoms with Crippen LogP contribution >= 0.6 is 0 Å². The third kappa shape index (κ3) is 7.83. The maximum absolute atomic E-state index is 11.9. The van der Waals surface area contributed by atoms with E-state index in [1.54, 1.807) is 4.44 Å². The summed E-state index contributed by atoms with van der Waals surface area (Å²) in [5.41, 5.74) is 19.2. The first-order valence-electron chi connectivity index (χ1n) is 22.4. The zero-order chi connectivity index (χ0) is 44.2. The van der Waals surface area contributed by atoms with E-state index in [0.717, 1.165) is 68.0 Å². The molecule has 324 valence electrons. The average Bonchev–Trinajstić information content (AvgIpc) is 3.76. The van der Waals surface area contributed by atoms with Crippen molar-refractivity contribution in [2.75, 3.05) is 0 Å². The fourth-order valence-corrected chi connectivity index (χ4v) is 13.2. The number of para-hydroxylation sites is 1. The van der Waals surface area contributed by atoms with Gasteiger partial charge in [0, 0.05) is 21.1 Å². The number of imidazole rings is 1. The van der Waals surface area contributed by atoms with Crippen LogP contribution in [0.15, 0.2) is 91.1 Å². The summed E-state index contributed by atoms with van der Waals surface area (Å²) in [6, 6.07) is 35.4. The molecule has 0 aliphatic carbocycles. The van der Waals surface area contributed by atoms with Crippen LogP contribution in [0, 0.1) is 32.3 Å². The van der Waals surface area contributed by atoms with Crippen molar-refractivity contribution in [2.45, 2.75) is 114 Å². The molecule has 8 aromatic rings. The molecule has 0 spiro atoms. The van der Waals surface area contributed by atoms with Gasteiger partial charge in [-0.1, -0.05) is 58.0 Å². The Morgan fingerprint density at radius 3 is 2.13 bits per heavy atom. The van der Waals surface area contributed by atoms with E-state index in [9.17, 15) is 5.11 Å². The zero-order valence-electron chi connectivity index (χ0n) is 39.1. The number of phenolic OH excluding ortho intramolecular Hbond substituents is 1. The number of hydrogen-bond acceptors (Lipinski definition) is 3. The van der Waals surface area contributed by atoms with Crippen LogP contribution in [-0.4, -0.2) is 40.9 Å². The minimum absolute atomic E-state index is 0. The van der Waals surface area contributed by atoms with Gasteiger partial charge in [-0.25, -0.2) is 0 Å². The number of aromatic hydroxyl groups is 1. The van der Waals surface area contributed by atoms with E-state index >= 15 is 0 Å². The first-order chi connectivity index (χ1) is 29.3. The largest absolute Gasteiger partial charge is 0 e. The molecular formula is C56H59BN3OPtSe-. The molecule has 0 unspecified atom stereocenters. The predicted molar refractivity (Wildman–Crippen MR) is 265 cm³/mol. The van der Waals surface area contributed by atoms with Crippen molar-refractivity contribution in [3.63, 3.8) is 0 Å². The Hall–Kier alpha value is -4.47. The Balaban J connectivity index is 0.00000544. The summed E-state index contributed by atoms with van der Waals surface area (Å²) >= 11 is 0.180. The van der Waals surface area contributed by atoms with Crippen LogP contribution < -0.4 is 16.4 Å². The molecule has 3 aromatic heterocycles. The summed E-state index contributed by atoms with van der Waals surface area (Å²) in [5, 5.41) is 13.2. The standard InChI is InChI=1S/C56H59BN3OSe.Pt/c1-31(2)39-17-16-18-40(32(3)4)48(39)57-44-19-14-15-20-46(44)60-51-45(57)22-21-42(50(51)59-54(60)43-26-33(5)25-34(6)52(43)61)36-27-37(29-38(28-36)56(11,12)13)49-53-41(23-24-58-49)35(7)47(62-53)30-55(8,9)10;/h14-26,28-29,31-32,61H,30H2,1-13H3;/q-1;. The Labute approximate surface area is 395 Å². The number of rotatable bonds is 7. The van der Waals surface area contributed by atoms with Gasteiger partial charge in [0.2, 0.25) is 0 Å². The minimum atomic E-state index is -0.134. The molecule has 4 heterocycles. The molecule has 0 saturated heterocycles. The van der Waals surface area contributed by atoms with Crippen molar-refractivity contribution in [1.82, 2.24) is 14.5 Å². The van der Waals surface area contributed by atoms with E-state index in [1.807, 2.05) is 19.2 Å². The number of benzene rings is 5. The van der Waals surface area contributed by atoms with Gasteiger partial charge in [-0.15, -0.1) is 0 Å². The van der Waals surface area contributed by atoms with Crippen molar-refractivity contribution in [3.05, 3.63) is 135 Å². The molecule has 1 N–H and O–H groups in total. The van der Waals surface area contributed by atoms with Crippen LogP contribution in [-0.2, 0) is 32.9 Å². The third-order valence-corrected chi connectivity index (χ3v) is 15.7. The number of aromatic nitrogens is 3. The van der Waals surface area contributed by atoms with Crippen LogP contribution in [0.5, 0.6) is 5.75 Å². The summed E-state index contributed by atoms with van der Waals surface area (Å²) in [7, 11) is 0. The maximum atomic E-state index is 11.9. The number of fused-ring (bicyclic) bond motifs is 3. The fraction of sp³-hybridized carbons (Fsp3) is 0.321. The van der Waals surface area contributed by atoms with E-state index < -0.39 is 0 Å². The molecule has 7 heteroatoms. The second kappa shape index (κ2) is 16.5. The Morgan fingerprint density at radius 1 is 0.778 bits per heavy atom. The normalized spacial score (nSPS) is 12.8. The van der Waals surface area contributed by atoms with Gasteiger partial charge in [-0.2, -0.15) is 0 Å². The second-order valence-electron chi connectivity index (χ2n) is 20.7. The van der Waals surface area contributed by atoms with E-state index in [-0.39, 0.29) is 58.9 Å². The molecule has 1 aliphatic heterocycles. The Kier molecular flexibility index (Phi) is 11.8. The summed E-state index contributed by atoms with van der Waals surface area (Å²) < 4.78 is 5.27. The second-order valence-corrected chi connectivity index (χ2v) is 23.0. The summed E-state index contributed by atoms with van der Waals surface area (Å²) in [6.07, 6.45) is 3.08. The quantitative estimate of drug-likeness (QED) is 0.128. The molecule has 5 aromatic carbocycles. The fourth-order valence-electron chi connectivity index (χ4n) is 9.87. The van der Waals surface area contributed by atoms with Gasteiger partial charge in [0.05, 0.1) is 0 Å². The van der Waals surface area contributed by atoms with Gasteiger partial charge in [-0.05, 0) is 25.7 Å². The zero-order valence-corrected chi connectivity index (χ0v) is 43.1. The van der Waals surface area contributed by atoms with E-state index in [1.165, 1.54) is 48.3 Å². The molecule has 0 atom stereocenters. The van der Waals surface area contributed by atoms with Crippen LogP contribution in [0.2, 0.25) is 0 Å². The van der Waals surface area contributed by atoms with Crippen molar-refractivity contribution >= 4 is 58.3 Å². The molecule has 1 aliphatic rings. The van der Waals surface area contributed by atoms with Gasteiger partial charge >= 0.3 is 294 Å². The molecule has 4 nitrogen and oxygen atoms in total. The first kappa shape index (κ1) is 45.1. The van der Waals surface area contributed by atoms with Gasteiger partial charge in [-0.3, -0.25) is 0 Å². The average molecular weight is 1070 g/mol. The van der Waals surface area contributed by atoms with Gasteiger partial charge in [0.15, 0.2) is 0 Å². The molecule has 0 bridgehead atoms. The number of aryl methyl sites for hydroxylation is 3. The van der Waals surface area contributed by atoms with Crippen LogP contribution in [0.4, 0.5) is 0 Å². The molecule has 63 heavy (non-hydrogen) atoms. The third-order valence-electron chi connectivity index (χ3n) is 13.0. The van der Waals surface area contributed by atoms with E-state index in [2.05, 4.69) is 173 Å². The summed E-state index contributed by atoms with van der Waals surface area (Å²) in [4.78, 5) is 10.8. The molecular weight excluding hydrogens is 1020 g/mol. The minimum Gasteiger partial charge on any atom is 0 e. The number of phenols is 1. The summed E-state index contributed by atoms with van der Waals surface area (Å²) in [5.74, 6) is 1.69. The van der Waals surface area contributed by atoms with Gasteiger partial charge in [0.25, 0.3) is 0 Å². The molecule has 0 radical (unpaired) electrons. The SMILES string of the molecule is Cc1cc(C)c(O)c(-c2nc3c(-c4[c-]c(-c5nccc6c(C)c(CC(C)(C)C)[se]c56)cc(C(C)(C)C)c4)ccc4c3n2-c2ccccc2B4c2c(C(C)C)cccc2C(C)C)c1.[Pt]. The number of hydrogen-bond donors (Lipinski definition) is 1. The molecule has 0 amide bonds. The van der Waals surface area contributed by atoms with Crippen molar-refractivity contribution < 1.29 is 26.2 Å². The van der Waals surface area contributed by atoms with Crippen LogP contribution in [0.3, 0.4) is 0 Å². The van der Waals surface area contributed by atoms with Gasteiger partial charge in [0.1, 0.15) is 0 Å².